The van der Waals surface area contributed by atoms with Crippen LogP contribution in [0.3, 0.4) is 0 Å². The summed E-state index contributed by atoms with van der Waals surface area (Å²) in [5.74, 6) is 1.06. The molecule has 0 radical (unpaired) electrons. The Labute approximate surface area is 169 Å². The first-order valence-electron chi connectivity index (χ1n) is 9.21. The Morgan fingerprint density at radius 3 is 1.45 bits per heavy atom. The quantitative estimate of drug-likeness (QED) is 0.291. The molecule has 0 aliphatic carbocycles. The molecule has 2 saturated heterocycles. The van der Waals surface area contributed by atoms with Gasteiger partial charge < -0.3 is 28.4 Å². The molecule has 9 heteroatoms. The van der Waals surface area contributed by atoms with Gasteiger partial charge in [-0.25, -0.2) is 8.42 Å². The zero-order valence-electron chi connectivity index (χ0n) is 15.7. The van der Waals surface area contributed by atoms with Crippen molar-refractivity contribution in [1.29, 1.82) is 0 Å². The average molecular weight is 422 g/mol. The number of hydrogen-bond acceptors (Lipinski definition) is 8. The third-order valence-corrected chi connectivity index (χ3v) is 6.08. The molecule has 2 aromatic rings. The van der Waals surface area contributed by atoms with Crippen molar-refractivity contribution < 1.29 is 36.8 Å². The van der Waals surface area contributed by atoms with Crippen LogP contribution in [0.1, 0.15) is 0 Å². The van der Waals surface area contributed by atoms with Crippen LogP contribution in [0.15, 0.2) is 58.3 Å². The van der Waals surface area contributed by atoms with E-state index in [-0.39, 0.29) is 35.6 Å². The summed E-state index contributed by atoms with van der Waals surface area (Å²) in [5, 5.41) is 0. The highest BCUT2D eigenvalue weighted by Crippen LogP contribution is 2.25. The van der Waals surface area contributed by atoms with Gasteiger partial charge in [-0.3, -0.25) is 0 Å². The molecule has 0 bridgehead atoms. The molecular formula is C20H22O8S. The fourth-order valence-electron chi connectivity index (χ4n) is 2.47. The highest BCUT2D eigenvalue weighted by Gasteiger charge is 2.23. The van der Waals surface area contributed by atoms with E-state index in [2.05, 4.69) is 0 Å². The number of hydrogen-bond donors (Lipinski definition) is 0. The monoisotopic (exact) mass is 422 g/mol. The molecule has 8 nitrogen and oxygen atoms in total. The first-order chi connectivity index (χ1) is 14.1. The second kappa shape index (κ2) is 9.10. The maximum absolute atomic E-state index is 12.8. The van der Waals surface area contributed by atoms with E-state index in [0.717, 1.165) is 13.2 Å². The van der Waals surface area contributed by atoms with Gasteiger partial charge in [-0.05, 0) is 48.5 Å². The summed E-state index contributed by atoms with van der Waals surface area (Å²) in [6.07, 6.45) is 0.348. The van der Waals surface area contributed by atoms with E-state index in [1.165, 1.54) is 24.3 Å². The van der Waals surface area contributed by atoms with Crippen LogP contribution in [0, 0.1) is 0 Å². The fourth-order valence-corrected chi connectivity index (χ4v) is 3.73. The lowest BCUT2D eigenvalue weighted by molar-refractivity contribution is 0.00807. The van der Waals surface area contributed by atoms with Crippen molar-refractivity contribution in [2.75, 3.05) is 40.0 Å². The zero-order chi connectivity index (χ0) is 20.1. The van der Waals surface area contributed by atoms with Gasteiger partial charge in [0.2, 0.25) is 9.84 Å². The third kappa shape index (κ3) is 5.91. The zero-order valence-corrected chi connectivity index (χ0v) is 16.5. The second-order valence-electron chi connectivity index (χ2n) is 6.62. The molecule has 0 spiro atoms. The Balaban J connectivity index is 1.29. The van der Waals surface area contributed by atoms with E-state index in [4.69, 9.17) is 28.4 Å². The molecule has 2 aliphatic heterocycles. The van der Waals surface area contributed by atoms with E-state index < -0.39 is 9.84 Å². The molecule has 2 heterocycles. The maximum atomic E-state index is 12.8. The largest absolute Gasteiger partial charge is 0.468 e. The summed E-state index contributed by atoms with van der Waals surface area (Å²) in [5.41, 5.74) is 0. The smallest absolute Gasteiger partial charge is 0.206 e. The summed E-state index contributed by atoms with van der Waals surface area (Å²) in [7, 11) is -3.64. The Morgan fingerprint density at radius 2 is 1.10 bits per heavy atom. The standard InChI is InChI=1S/C20H22O8S/c21-29(22,19-5-1-15(2-6-19)27-13-23-9-17-11-25-17)20-7-3-16(4-8-20)28-14-24-10-18-12-26-18/h1-8,17-18H,9-14H2. The molecule has 0 N–H and O–H groups in total. The van der Waals surface area contributed by atoms with Gasteiger partial charge in [0, 0.05) is 0 Å². The molecule has 2 aromatic carbocycles. The van der Waals surface area contributed by atoms with E-state index in [9.17, 15) is 8.42 Å². The van der Waals surface area contributed by atoms with E-state index in [1.807, 2.05) is 0 Å². The van der Waals surface area contributed by atoms with Crippen LogP contribution in [-0.4, -0.2) is 60.6 Å². The Kier molecular flexibility index (Phi) is 6.31. The normalized spacial score (nSPS) is 20.3. The summed E-state index contributed by atoms with van der Waals surface area (Å²) < 4.78 is 57.1. The molecule has 0 amide bonds. The predicted octanol–water partition coefficient (Wildman–Crippen LogP) is 2.02. The molecule has 2 atom stereocenters. The summed E-state index contributed by atoms with van der Waals surface area (Å²) in [6, 6.07) is 12.4. The number of benzene rings is 2. The van der Waals surface area contributed by atoms with Crippen LogP contribution in [0.25, 0.3) is 0 Å². The lowest BCUT2D eigenvalue weighted by atomic mass is 10.3. The minimum absolute atomic E-state index is 0.0881. The van der Waals surface area contributed by atoms with Gasteiger partial charge in [-0.1, -0.05) is 0 Å². The first kappa shape index (κ1) is 20.1. The van der Waals surface area contributed by atoms with Gasteiger partial charge in [0.1, 0.15) is 23.7 Å². The molecule has 2 unspecified atom stereocenters. The van der Waals surface area contributed by atoms with Gasteiger partial charge in [0.05, 0.1) is 36.2 Å². The van der Waals surface area contributed by atoms with Gasteiger partial charge >= 0.3 is 0 Å². The third-order valence-electron chi connectivity index (χ3n) is 4.30. The Bertz CT molecular complexity index is 818. The van der Waals surface area contributed by atoms with E-state index >= 15 is 0 Å². The Hall–Kier alpha value is -2.17. The summed E-state index contributed by atoms with van der Waals surface area (Å²) in [4.78, 5) is 0.358. The van der Waals surface area contributed by atoms with Gasteiger partial charge in [0.25, 0.3) is 0 Å². The fraction of sp³-hybridized carbons (Fsp3) is 0.400. The maximum Gasteiger partial charge on any atom is 0.206 e. The first-order valence-corrected chi connectivity index (χ1v) is 10.7. The van der Waals surface area contributed by atoms with E-state index in [0.29, 0.717) is 24.7 Å². The van der Waals surface area contributed by atoms with Crippen molar-refractivity contribution in [3.8, 4) is 11.5 Å². The van der Waals surface area contributed by atoms with Crippen molar-refractivity contribution in [1.82, 2.24) is 0 Å². The number of epoxide rings is 2. The highest BCUT2D eigenvalue weighted by atomic mass is 32.2. The van der Waals surface area contributed by atoms with Crippen molar-refractivity contribution in [2.45, 2.75) is 22.0 Å². The van der Waals surface area contributed by atoms with Crippen LogP contribution in [0.4, 0.5) is 0 Å². The van der Waals surface area contributed by atoms with Crippen molar-refractivity contribution in [3.05, 3.63) is 48.5 Å². The molecule has 156 valence electrons. The SMILES string of the molecule is O=S(=O)(c1ccc(OCOCC2CO2)cc1)c1ccc(OCOCC2CO2)cc1. The number of sulfone groups is 1. The van der Waals surface area contributed by atoms with Crippen LogP contribution >= 0.6 is 0 Å². The summed E-state index contributed by atoms with van der Waals surface area (Å²) >= 11 is 0. The van der Waals surface area contributed by atoms with Crippen molar-refractivity contribution >= 4 is 9.84 Å². The topological polar surface area (TPSA) is 96.1 Å². The van der Waals surface area contributed by atoms with Crippen LogP contribution in [0.2, 0.25) is 0 Å². The second-order valence-corrected chi connectivity index (χ2v) is 8.57. The molecule has 2 aliphatic rings. The Morgan fingerprint density at radius 1 is 0.724 bits per heavy atom. The number of ether oxygens (including phenoxy) is 6. The van der Waals surface area contributed by atoms with Crippen LogP contribution < -0.4 is 9.47 Å². The molecule has 0 saturated carbocycles. The lowest BCUT2D eigenvalue weighted by Crippen LogP contribution is -2.08. The number of rotatable bonds is 12. The molecular weight excluding hydrogens is 400 g/mol. The lowest BCUT2D eigenvalue weighted by Gasteiger charge is -2.09. The minimum atomic E-state index is -3.64. The van der Waals surface area contributed by atoms with Crippen molar-refractivity contribution in [3.63, 3.8) is 0 Å². The molecule has 4 rings (SSSR count). The average Bonchev–Trinajstić information content (AvgIpc) is 3.65. The molecule has 0 aromatic heterocycles. The van der Waals surface area contributed by atoms with Crippen LogP contribution in [0.5, 0.6) is 11.5 Å². The molecule has 2 fully saturated rings. The molecule has 29 heavy (non-hydrogen) atoms. The van der Waals surface area contributed by atoms with Crippen LogP contribution in [-0.2, 0) is 28.8 Å². The van der Waals surface area contributed by atoms with Crippen molar-refractivity contribution in [2.24, 2.45) is 0 Å². The minimum Gasteiger partial charge on any atom is -0.468 e. The predicted molar refractivity (Wildman–Crippen MR) is 101 cm³/mol. The summed E-state index contributed by atoms with van der Waals surface area (Å²) in [6.45, 7) is 2.61. The van der Waals surface area contributed by atoms with Gasteiger partial charge in [0.15, 0.2) is 13.6 Å². The van der Waals surface area contributed by atoms with Gasteiger partial charge in [-0.2, -0.15) is 0 Å². The van der Waals surface area contributed by atoms with Gasteiger partial charge in [-0.15, -0.1) is 0 Å². The highest BCUT2D eigenvalue weighted by molar-refractivity contribution is 7.91. The van der Waals surface area contributed by atoms with E-state index in [1.54, 1.807) is 24.3 Å².